The Bertz CT molecular complexity index is 841. The summed E-state index contributed by atoms with van der Waals surface area (Å²) in [5.74, 6) is 1.74. The molecule has 0 spiro atoms. The monoisotopic (exact) mass is 676 g/mol. The number of benzene rings is 1. The van der Waals surface area contributed by atoms with Gasteiger partial charge in [0.2, 0.25) is 0 Å². The van der Waals surface area contributed by atoms with Gasteiger partial charge in [-0.1, -0.05) is 117 Å². The van der Waals surface area contributed by atoms with Gasteiger partial charge in [-0.3, -0.25) is 9.59 Å². The number of hydrogen-bond donors (Lipinski definition) is 0. The van der Waals surface area contributed by atoms with Crippen molar-refractivity contribution in [2.75, 3.05) is 40.5 Å². The second kappa shape index (κ2) is 32.0. The number of nitrogens with zero attached hydrogens (tertiary/aromatic N) is 1. The van der Waals surface area contributed by atoms with Crippen LogP contribution in [0.2, 0.25) is 0 Å². The van der Waals surface area contributed by atoms with Crippen LogP contribution in [0.5, 0.6) is 11.5 Å². The van der Waals surface area contributed by atoms with Gasteiger partial charge >= 0.3 is 11.9 Å². The first-order chi connectivity index (χ1) is 23.4. The van der Waals surface area contributed by atoms with Crippen LogP contribution >= 0.6 is 0 Å². The van der Waals surface area contributed by atoms with Gasteiger partial charge in [0, 0.05) is 25.5 Å². The molecule has 0 N–H and O–H groups in total. The second-order valence-electron chi connectivity index (χ2n) is 13.8. The molecule has 0 saturated carbocycles. The Morgan fingerprint density at radius 1 is 0.479 bits per heavy atom. The Morgan fingerprint density at radius 3 is 1.19 bits per heavy atom. The molecule has 0 aromatic heterocycles. The van der Waals surface area contributed by atoms with Crippen LogP contribution in [-0.2, 0) is 25.6 Å². The van der Waals surface area contributed by atoms with E-state index in [4.69, 9.17) is 18.9 Å². The number of carbonyl (C=O) groups excluding carboxylic acids is 2. The standard InChI is InChI=1S/C41H73NO6/c1-5-7-21-27-40(43)47-31-25-19-15-11-9-13-17-23-29-45-38-33-37(36-42(3)4)34-39(35-38)46-30-24-18-14-10-12-16-20-26-32-48-41(44)28-22-8-6-2/h33-35H,5-32,36H2,1-4H3. The van der Waals surface area contributed by atoms with Gasteiger partial charge in [0.25, 0.3) is 0 Å². The van der Waals surface area contributed by atoms with Gasteiger partial charge < -0.3 is 23.8 Å². The minimum atomic E-state index is -0.0325. The van der Waals surface area contributed by atoms with E-state index in [1.54, 1.807) is 0 Å². The average molecular weight is 676 g/mol. The third-order valence-electron chi connectivity index (χ3n) is 8.55. The molecule has 1 rings (SSSR count). The summed E-state index contributed by atoms with van der Waals surface area (Å²) in [7, 11) is 4.17. The molecule has 1 aromatic rings. The van der Waals surface area contributed by atoms with Crippen LogP contribution in [0.4, 0.5) is 0 Å². The lowest BCUT2D eigenvalue weighted by atomic mass is 10.1. The van der Waals surface area contributed by atoms with E-state index in [0.717, 1.165) is 108 Å². The van der Waals surface area contributed by atoms with E-state index in [9.17, 15) is 9.59 Å². The smallest absolute Gasteiger partial charge is 0.305 e. The highest BCUT2D eigenvalue weighted by atomic mass is 16.5. The van der Waals surface area contributed by atoms with E-state index in [1.165, 1.54) is 69.8 Å². The van der Waals surface area contributed by atoms with E-state index in [-0.39, 0.29) is 11.9 Å². The van der Waals surface area contributed by atoms with Gasteiger partial charge in [0.15, 0.2) is 0 Å². The highest BCUT2D eigenvalue weighted by Crippen LogP contribution is 2.25. The molecule has 0 heterocycles. The molecule has 0 bridgehead atoms. The number of carbonyl (C=O) groups is 2. The zero-order chi connectivity index (χ0) is 34.9. The van der Waals surface area contributed by atoms with Gasteiger partial charge in [-0.25, -0.2) is 0 Å². The van der Waals surface area contributed by atoms with Crippen molar-refractivity contribution in [3.05, 3.63) is 23.8 Å². The maximum absolute atomic E-state index is 11.6. The highest BCUT2D eigenvalue weighted by Gasteiger charge is 2.06. The third kappa shape index (κ3) is 27.6. The Labute approximate surface area is 295 Å². The molecule has 0 radical (unpaired) electrons. The molecule has 0 aliphatic carbocycles. The minimum absolute atomic E-state index is 0.0325. The normalized spacial score (nSPS) is 11.2. The summed E-state index contributed by atoms with van der Waals surface area (Å²) in [5.41, 5.74) is 1.21. The fourth-order valence-corrected chi connectivity index (χ4v) is 5.72. The van der Waals surface area contributed by atoms with E-state index >= 15 is 0 Å². The van der Waals surface area contributed by atoms with Gasteiger partial charge in [-0.2, -0.15) is 0 Å². The summed E-state index contributed by atoms with van der Waals surface area (Å²) in [4.78, 5) is 25.5. The van der Waals surface area contributed by atoms with Crippen LogP contribution in [0.1, 0.15) is 174 Å². The van der Waals surface area contributed by atoms with Gasteiger partial charge in [-0.15, -0.1) is 0 Å². The highest BCUT2D eigenvalue weighted by molar-refractivity contribution is 5.69. The van der Waals surface area contributed by atoms with Crippen molar-refractivity contribution in [2.24, 2.45) is 0 Å². The average Bonchev–Trinajstić information content (AvgIpc) is 3.05. The number of hydrogen-bond acceptors (Lipinski definition) is 7. The van der Waals surface area contributed by atoms with Crippen LogP contribution in [0.25, 0.3) is 0 Å². The zero-order valence-corrected chi connectivity index (χ0v) is 31.6. The summed E-state index contributed by atoms with van der Waals surface area (Å²) in [6.07, 6.45) is 26.2. The molecule has 7 nitrogen and oxygen atoms in total. The molecule has 0 aliphatic rings. The second-order valence-corrected chi connectivity index (χ2v) is 13.8. The third-order valence-corrected chi connectivity index (χ3v) is 8.55. The van der Waals surface area contributed by atoms with E-state index in [0.29, 0.717) is 26.1 Å². The summed E-state index contributed by atoms with van der Waals surface area (Å²) < 4.78 is 23.0. The number of unbranched alkanes of at least 4 members (excludes halogenated alkanes) is 18. The molecule has 48 heavy (non-hydrogen) atoms. The van der Waals surface area contributed by atoms with Crippen LogP contribution in [0.3, 0.4) is 0 Å². The molecule has 7 heteroatoms. The number of ether oxygens (including phenoxy) is 4. The lowest BCUT2D eigenvalue weighted by Gasteiger charge is -2.15. The van der Waals surface area contributed by atoms with Crippen LogP contribution in [0, 0.1) is 0 Å². The van der Waals surface area contributed by atoms with E-state index in [1.807, 2.05) is 6.07 Å². The Hall–Kier alpha value is -2.28. The molecule has 0 saturated heterocycles. The maximum Gasteiger partial charge on any atom is 0.305 e. The summed E-state index contributed by atoms with van der Waals surface area (Å²) in [6, 6.07) is 6.34. The Morgan fingerprint density at radius 2 is 0.833 bits per heavy atom. The van der Waals surface area contributed by atoms with E-state index in [2.05, 4.69) is 45.0 Å². The van der Waals surface area contributed by atoms with Crippen LogP contribution in [-0.4, -0.2) is 57.4 Å². The van der Waals surface area contributed by atoms with Gasteiger partial charge in [0.05, 0.1) is 26.4 Å². The maximum atomic E-state index is 11.6. The lowest BCUT2D eigenvalue weighted by Crippen LogP contribution is -2.11. The molecule has 0 atom stereocenters. The minimum Gasteiger partial charge on any atom is -0.493 e. The SMILES string of the molecule is CCCCCC(=O)OCCCCCCCCCCOc1cc(CN(C)C)cc(OCCCCCCCCCCOC(=O)CCCCC)c1. The summed E-state index contributed by atoms with van der Waals surface area (Å²) in [5, 5.41) is 0. The van der Waals surface area contributed by atoms with E-state index < -0.39 is 0 Å². The molecule has 1 aromatic carbocycles. The van der Waals surface area contributed by atoms with Crippen molar-refractivity contribution < 1.29 is 28.5 Å². The van der Waals surface area contributed by atoms with Crippen LogP contribution in [0.15, 0.2) is 18.2 Å². The first-order valence-electron chi connectivity index (χ1n) is 19.8. The van der Waals surface area contributed by atoms with Crippen molar-refractivity contribution in [2.45, 2.75) is 174 Å². The Balaban J connectivity index is 2.10. The number of esters is 2. The van der Waals surface area contributed by atoms with Crippen molar-refractivity contribution >= 4 is 11.9 Å². The summed E-state index contributed by atoms with van der Waals surface area (Å²) in [6.45, 7) is 7.77. The molecule has 278 valence electrons. The van der Waals surface area contributed by atoms with Crippen LogP contribution < -0.4 is 9.47 Å². The largest absolute Gasteiger partial charge is 0.493 e. The van der Waals surface area contributed by atoms with Gasteiger partial charge in [-0.05, 0) is 70.3 Å². The van der Waals surface area contributed by atoms with Crippen molar-refractivity contribution in [1.82, 2.24) is 4.90 Å². The first kappa shape index (κ1) is 43.7. The lowest BCUT2D eigenvalue weighted by molar-refractivity contribution is -0.144. The Kier molecular flexibility index (Phi) is 29.1. The predicted octanol–water partition coefficient (Wildman–Crippen LogP) is 11.0. The topological polar surface area (TPSA) is 74.3 Å². The summed E-state index contributed by atoms with van der Waals surface area (Å²) >= 11 is 0. The molecule has 0 aliphatic heterocycles. The molecule has 0 fully saturated rings. The molecule has 0 unspecified atom stereocenters. The molecular weight excluding hydrogens is 602 g/mol. The van der Waals surface area contributed by atoms with Gasteiger partial charge in [0.1, 0.15) is 11.5 Å². The van der Waals surface area contributed by atoms with Crippen molar-refractivity contribution in [3.63, 3.8) is 0 Å². The van der Waals surface area contributed by atoms with Crippen molar-refractivity contribution in [3.8, 4) is 11.5 Å². The first-order valence-corrected chi connectivity index (χ1v) is 19.8. The van der Waals surface area contributed by atoms with Crippen molar-refractivity contribution in [1.29, 1.82) is 0 Å². The fourth-order valence-electron chi connectivity index (χ4n) is 5.72. The fraction of sp³-hybridized carbons (Fsp3) is 0.805. The predicted molar refractivity (Wildman–Crippen MR) is 199 cm³/mol. The molecule has 0 amide bonds. The quantitative estimate of drug-likeness (QED) is 0.0531. The molecular formula is C41H73NO6. The number of rotatable bonds is 34. The zero-order valence-electron chi connectivity index (χ0n) is 31.6.